The molecule has 3 nitrogen and oxygen atoms in total. The fourth-order valence-electron chi connectivity index (χ4n) is 1.49. The molecule has 102 valence electrons. The summed E-state index contributed by atoms with van der Waals surface area (Å²) in [7, 11) is 0. The van der Waals surface area contributed by atoms with E-state index in [0.29, 0.717) is 17.5 Å². The van der Waals surface area contributed by atoms with Crippen molar-refractivity contribution in [3.05, 3.63) is 34.1 Å². The number of rotatable bonds is 5. The van der Waals surface area contributed by atoms with Crippen molar-refractivity contribution < 1.29 is 9.13 Å². The van der Waals surface area contributed by atoms with Crippen molar-refractivity contribution >= 4 is 15.9 Å². The molecule has 0 saturated carbocycles. The lowest BCUT2D eigenvalue weighted by atomic mass is 10.1. The minimum atomic E-state index is -0.264. The van der Waals surface area contributed by atoms with Gasteiger partial charge < -0.3 is 4.74 Å². The van der Waals surface area contributed by atoms with Gasteiger partial charge in [-0.15, -0.1) is 0 Å². The zero-order valence-electron chi connectivity index (χ0n) is 11.0. The van der Waals surface area contributed by atoms with E-state index in [1.807, 2.05) is 26.8 Å². The molecule has 1 unspecified atom stereocenters. The molecule has 5 heteroatoms. The third-order valence-corrected chi connectivity index (χ3v) is 3.34. The van der Waals surface area contributed by atoms with Crippen LogP contribution in [0, 0.1) is 5.82 Å². The van der Waals surface area contributed by atoms with E-state index >= 15 is 0 Å². The Labute approximate surface area is 116 Å². The summed E-state index contributed by atoms with van der Waals surface area (Å²) in [4.78, 5) is 0. The van der Waals surface area contributed by atoms with Gasteiger partial charge in [0.15, 0.2) is 0 Å². The highest BCUT2D eigenvalue weighted by molar-refractivity contribution is 9.10. The molecule has 0 heterocycles. The van der Waals surface area contributed by atoms with E-state index < -0.39 is 0 Å². The van der Waals surface area contributed by atoms with Gasteiger partial charge in [-0.2, -0.15) is 0 Å². The summed E-state index contributed by atoms with van der Waals surface area (Å²) in [6.07, 6.45) is 0.602. The van der Waals surface area contributed by atoms with Crippen LogP contribution in [-0.2, 0) is 11.2 Å². The topological polar surface area (TPSA) is 47.3 Å². The molecule has 0 radical (unpaired) electrons. The highest BCUT2D eigenvalue weighted by Crippen LogP contribution is 2.22. The molecule has 0 spiro atoms. The van der Waals surface area contributed by atoms with Crippen molar-refractivity contribution in [3.8, 4) is 0 Å². The molecule has 0 saturated heterocycles. The minimum absolute atomic E-state index is 0.0534. The largest absolute Gasteiger partial charge is 0.374 e. The Morgan fingerprint density at radius 2 is 2.11 bits per heavy atom. The molecule has 1 aromatic rings. The predicted octanol–water partition coefficient (Wildman–Crippen LogP) is 2.78. The average molecular weight is 319 g/mol. The molecular formula is C13H20BrFN2O. The van der Waals surface area contributed by atoms with Crippen LogP contribution in [-0.4, -0.2) is 18.2 Å². The smallest absolute Gasteiger partial charge is 0.137 e. The van der Waals surface area contributed by atoms with E-state index in [-0.39, 0.29) is 17.5 Å². The first-order chi connectivity index (χ1) is 8.33. The van der Waals surface area contributed by atoms with Gasteiger partial charge in [0.1, 0.15) is 5.82 Å². The molecule has 3 N–H and O–H groups in total. The van der Waals surface area contributed by atoms with E-state index in [0.717, 1.165) is 5.56 Å². The van der Waals surface area contributed by atoms with Gasteiger partial charge in [0.05, 0.1) is 16.7 Å². The van der Waals surface area contributed by atoms with Crippen molar-refractivity contribution in [2.45, 2.75) is 38.8 Å². The number of halogens is 2. The SMILES string of the molecule is CC(C)(C)OCC(Cc1cccc(F)c1Br)NN. The fourth-order valence-corrected chi connectivity index (χ4v) is 1.91. The van der Waals surface area contributed by atoms with Crippen LogP contribution in [0.3, 0.4) is 0 Å². The van der Waals surface area contributed by atoms with Gasteiger partial charge in [-0.05, 0) is 54.8 Å². The fraction of sp³-hybridized carbons (Fsp3) is 0.538. The molecule has 0 fully saturated rings. The van der Waals surface area contributed by atoms with Gasteiger partial charge in [-0.3, -0.25) is 11.3 Å². The number of benzene rings is 1. The summed E-state index contributed by atoms with van der Waals surface area (Å²) in [5.74, 6) is 5.24. The second-order valence-electron chi connectivity index (χ2n) is 5.20. The van der Waals surface area contributed by atoms with E-state index in [4.69, 9.17) is 10.6 Å². The van der Waals surface area contributed by atoms with Crippen LogP contribution >= 0.6 is 15.9 Å². The van der Waals surface area contributed by atoms with Crippen LogP contribution in [0.2, 0.25) is 0 Å². The van der Waals surface area contributed by atoms with Crippen LogP contribution in [0.1, 0.15) is 26.3 Å². The third-order valence-electron chi connectivity index (χ3n) is 2.45. The Bertz CT molecular complexity index is 393. The molecule has 18 heavy (non-hydrogen) atoms. The normalized spacial score (nSPS) is 13.7. The second kappa shape index (κ2) is 6.61. The van der Waals surface area contributed by atoms with Gasteiger partial charge >= 0.3 is 0 Å². The van der Waals surface area contributed by atoms with Crippen LogP contribution in [0.4, 0.5) is 4.39 Å². The maximum atomic E-state index is 13.4. The number of nitrogens with two attached hydrogens (primary N) is 1. The van der Waals surface area contributed by atoms with E-state index in [1.165, 1.54) is 6.07 Å². The molecule has 0 bridgehead atoms. The Balaban J connectivity index is 2.65. The average Bonchev–Trinajstić information content (AvgIpc) is 2.28. The number of hydrazine groups is 1. The van der Waals surface area contributed by atoms with Crippen molar-refractivity contribution in [3.63, 3.8) is 0 Å². The minimum Gasteiger partial charge on any atom is -0.374 e. The number of ether oxygens (including phenoxy) is 1. The molecule has 0 aliphatic heterocycles. The maximum Gasteiger partial charge on any atom is 0.137 e. The lowest BCUT2D eigenvalue weighted by Crippen LogP contribution is -2.42. The summed E-state index contributed by atoms with van der Waals surface area (Å²) < 4.78 is 19.5. The zero-order valence-corrected chi connectivity index (χ0v) is 12.6. The summed E-state index contributed by atoms with van der Waals surface area (Å²) in [6.45, 7) is 6.43. The number of nitrogens with one attached hydrogen (secondary N) is 1. The highest BCUT2D eigenvalue weighted by Gasteiger charge is 2.16. The first-order valence-corrected chi connectivity index (χ1v) is 6.66. The standard InChI is InChI=1S/C13H20BrFN2O/c1-13(2,3)18-8-10(17-16)7-9-5-4-6-11(15)12(9)14/h4-6,10,17H,7-8,16H2,1-3H3. The summed E-state index contributed by atoms with van der Waals surface area (Å²) in [5, 5.41) is 0. The van der Waals surface area contributed by atoms with Gasteiger partial charge in [0.2, 0.25) is 0 Å². The molecule has 0 aromatic heterocycles. The monoisotopic (exact) mass is 318 g/mol. The molecular weight excluding hydrogens is 299 g/mol. The Morgan fingerprint density at radius 1 is 1.44 bits per heavy atom. The van der Waals surface area contributed by atoms with Gasteiger partial charge in [-0.25, -0.2) is 4.39 Å². The van der Waals surface area contributed by atoms with Crippen LogP contribution in [0.15, 0.2) is 22.7 Å². The second-order valence-corrected chi connectivity index (χ2v) is 6.00. The lowest BCUT2D eigenvalue weighted by Gasteiger charge is -2.24. The van der Waals surface area contributed by atoms with Crippen molar-refractivity contribution in [1.82, 2.24) is 5.43 Å². The molecule has 0 aliphatic carbocycles. The Hall–Kier alpha value is -0.490. The highest BCUT2D eigenvalue weighted by atomic mass is 79.9. The van der Waals surface area contributed by atoms with Gasteiger partial charge in [0, 0.05) is 6.04 Å². The Kier molecular flexibility index (Phi) is 5.72. The van der Waals surface area contributed by atoms with E-state index in [2.05, 4.69) is 21.4 Å². The van der Waals surface area contributed by atoms with E-state index in [1.54, 1.807) is 6.07 Å². The molecule has 0 aliphatic rings. The molecule has 1 atom stereocenters. The van der Waals surface area contributed by atoms with E-state index in [9.17, 15) is 4.39 Å². The maximum absolute atomic E-state index is 13.4. The predicted molar refractivity (Wildman–Crippen MR) is 74.6 cm³/mol. The van der Waals surface area contributed by atoms with Crippen LogP contribution < -0.4 is 11.3 Å². The van der Waals surface area contributed by atoms with Gasteiger partial charge in [0.25, 0.3) is 0 Å². The quantitative estimate of drug-likeness (QED) is 0.648. The van der Waals surface area contributed by atoms with Crippen molar-refractivity contribution in [1.29, 1.82) is 0 Å². The molecule has 1 aromatic carbocycles. The summed E-state index contributed by atoms with van der Waals surface area (Å²) in [5.41, 5.74) is 3.36. The third kappa shape index (κ3) is 5.02. The Morgan fingerprint density at radius 3 is 2.67 bits per heavy atom. The molecule has 1 rings (SSSR count). The molecule has 0 amide bonds. The van der Waals surface area contributed by atoms with Crippen molar-refractivity contribution in [2.75, 3.05) is 6.61 Å². The van der Waals surface area contributed by atoms with Crippen LogP contribution in [0.25, 0.3) is 0 Å². The van der Waals surface area contributed by atoms with Crippen LogP contribution in [0.5, 0.6) is 0 Å². The summed E-state index contributed by atoms with van der Waals surface area (Å²) >= 11 is 3.24. The van der Waals surface area contributed by atoms with Gasteiger partial charge in [-0.1, -0.05) is 12.1 Å². The number of hydrogen-bond acceptors (Lipinski definition) is 3. The lowest BCUT2D eigenvalue weighted by molar-refractivity contribution is -0.0143. The first kappa shape index (κ1) is 15.6. The zero-order chi connectivity index (χ0) is 13.8. The number of hydrogen-bond donors (Lipinski definition) is 2. The van der Waals surface area contributed by atoms with Crippen molar-refractivity contribution in [2.24, 2.45) is 5.84 Å². The first-order valence-electron chi connectivity index (χ1n) is 5.86. The summed E-state index contributed by atoms with van der Waals surface area (Å²) in [6, 6.07) is 4.93.